The third kappa shape index (κ3) is 3.14. The van der Waals surface area contributed by atoms with Crippen molar-refractivity contribution < 1.29 is 4.79 Å². The number of benzene rings is 1. The molecule has 0 radical (unpaired) electrons. The second-order valence-electron chi connectivity index (χ2n) is 4.46. The van der Waals surface area contributed by atoms with Crippen LogP contribution < -0.4 is 5.32 Å². The Kier molecular flexibility index (Phi) is 3.81. The zero-order valence-corrected chi connectivity index (χ0v) is 10.8. The van der Waals surface area contributed by atoms with E-state index >= 15 is 0 Å². The molecule has 16 heavy (non-hydrogen) atoms. The predicted octanol–water partition coefficient (Wildman–Crippen LogP) is 2.85. The molecule has 1 N–H and O–H groups in total. The number of halogens is 1. The maximum absolute atomic E-state index is 11.6. The largest absolute Gasteiger partial charge is 0.331 e. The number of nitrogens with zero attached hydrogens (tertiary/aromatic N) is 1. The van der Waals surface area contributed by atoms with Gasteiger partial charge >= 0.3 is 6.03 Å². The molecule has 0 heterocycles. The van der Waals surface area contributed by atoms with E-state index in [-0.39, 0.29) is 6.03 Å². The normalized spacial score (nSPS) is 11.1. The highest BCUT2D eigenvalue weighted by Crippen LogP contribution is 2.21. The van der Waals surface area contributed by atoms with E-state index < -0.39 is 5.54 Å². The SMILES string of the molecule is CN(C)C(=O)NC(C)(C)c1ccc(Cl)cc1. The van der Waals surface area contributed by atoms with Crippen molar-refractivity contribution in [2.24, 2.45) is 0 Å². The maximum Gasteiger partial charge on any atom is 0.317 e. The van der Waals surface area contributed by atoms with Gasteiger partial charge in [0.05, 0.1) is 5.54 Å². The molecule has 2 amide bonds. The second kappa shape index (κ2) is 4.74. The van der Waals surface area contributed by atoms with Crippen LogP contribution in [0.4, 0.5) is 4.79 Å². The number of hydrogen-bond donors (Lipinski definition) is 1. The van der Waals surface area contributed by atoms with Gasteiger partial charge in [-0.1, -0.05) is 23.7 Å². The zero-order valence-electron chi connectivity index (χ0n) is 10.0. The van der Waals surface area contributed by atoms with Crippen LogP contribution in [0.2, 0.25) is 5.02 Å². The number of carbonyl (C=O) groups is 1. The van der Waals surface area contributed by atoms with Crippen LogP contribution in [0.5, 0.6) is 0 Å². The lowest BCUT2D eigenvalue weighted by Gasteiger charge is -2.28. The summed E-state index contributed by atoms with van der Waals surface area (Å²) < 4.78 is 0. The van der Waals surface area contributed by atoms with E-state index in [4.69, 9.17) is 11.6 Å². The first-order chi connectivity index (χ1) is 7.33. The number of rotatable bonds is 2. The second-order valence-corrected chi connectivity index (χ2v) is 4.89. The molecule has 0 bridgehead atoms. The molecular formula is C12H17ClN2O. The Morgan fingerprint density at radius 2 is 1.75 bits per heavy atom. The van der Waals surface area contributed by atoms with Crippen LogP contribution in [0.15, 0.2) is 24.3 Å². The third-order valence-electron chi connectivity index (χ3n) is 2.39. The van der Waals surface area contributed by atoms with Crippen LogP contribution in [0, 0.1) is 0 Å². The molecule has 4 heteroatoms. The number of nitrogens with one attached hydrogen (secondary N) is 1. The van der Waals surface area contributed by atoms with Crippen LogP contribution >= 0.6 is 11.6 Å². The van der Waals surface area contributed by atoms with Gasteiger partial charge < -0.3 is 10.2 Å². The molecule has 1 rings (SSSR count). The molecule has 0 unspecified atom stereocenters. The van der Waals surface area contributed by atoms with Gasteiger partial charge in [0.1, 0.15) is 0 Å². The fourth-order valence-electron chi connectivity index (χ4n) is 1.32. The van der Waals surface area contributed by atoms with E-state index in [0.717, 1.165) is 5.56 Å². The Bertz CT molecular complexity index is 371. The van der Waals surface area contributed by atoms with Crippen molar-refractivity contribution in [1.29, 1.82) is 0 Å². The van der Waals surface area contributed by atoms with Crippen molar-refractivity contribution in [3.8, 4) is 0 Å². The van der Waals surface area contributed by atoms with Crippen molar-refractivity contribution in [2.45, 2.75) is 19.4 Å². The lowest BCUT2D eigenvalue weighted by atomic mass is 9.94. The molecule has 1 aromatic carbocycles. The lowest BCUT2D eigenvalue weighted by molar-refractivity contribution is 0.206. The fraction of sp³-hybridized carbons (Fsp3) is 0.417. The highest BCUT2D eigenvalue weighted by atomic mass is 35.5. The summed E-state index contributed by atoms with van der Waals surface area (Å²) in [6.07, 6.45) is 0. The van der Waals surface area contributed by atoms with Crippen LogP contribution in [0.3, 0.4) is 0 Å². The van der Waals surface area contributed by atoms with E-state index in [1.54, 1.807) is 14.1 Å². The topological polar surface area (TPSA) is 32.3 Å². The smallest absolute Gasteiger partial charge is 0.317 e. The first-order valence-electron chi connectivity index (χ1n) is 5.08. The standard InChI is InChI=1S/C12H17ClN2O/c1-12(2,14-11(16)15(3)4)9-5-7-10(13)8-6-9/h5-8H,1-4H3,(H,14,16). The van der Waals surface area contributed by atoms with Crippen LogP contribution in [-0.4, -0.2) is 25.0 Å². The molecule has 0 aliphatic rings. The Labute approximate surface area is 101 Å². The van der Waals surface area contributed by atoms with Crippen molar-refractivity contribution in [3.63, 3.8) is 0 Å². The summed E-state index contributed by atoms with van der Waals surface area (Å²) in [4.78, 5) is 13.1. The van der Waals surface area contributed by atoms with Gasteiger partial charge in [0.25, 0.3) is 0 Å². The van der Waals surface area contributed by atoms with Gasteiger partial charge in [0, 0.05) is 19.1 Å². The quantitative estimate of drug-likeness (QED) is 0.847. The minimum atomic E-state index is -0.411. The summed E-state index contributed by atoms with van der Waals surface area (Å²) >= 11 is 5.82. The van der Waals surface area contributed by atoms with Crippen molar-refractivity contribution >= 4 is 17.6 Å². The Morgan fingerprint density at radius 1 is 1.25 bits per heavy atom. The van der Waals surface area contributed by atoms with Gasteiger partial charge in [-0.2, -0.15) is 0 Å². The minimum absolute atomic E-state index is 0.111. The van der Waals surface area contributed by atoms with Gasteiger partial charge in [0.15, 0.2) is 0 Å². The molecular weight excluding hydrogens is 224 g/mol. The van der Waals surface area contributed by atoms with Gasteiger partial charge in [0.2, 0.25) is 0 Å². The summed E-state index contributed by atoms with van der Waals surface area (Å²) in [5.74, 6) is 0. The monoisotopic (exact) mass is 240 g/mol. The number of urea groups is 1. The average molecular weight is 241 g/mol. The molecule has 0 spiro atoms. The maximum atomic E-state index is 11.6. The van der Waals surface area contributed by atoms with Gasteiger partial charge in [-0.3, -0.25) is 0 Å². The van der Waals surface area contributed by atoms with Crippen molar-refractivity contribution in [1.82, 2.24) is 10.2 Å². The number of carbonyl (C=O) groups excluding carboxylic acids is 1. The number of hydrogen-bond acceptors (Lipinski definition) is 1. The Hall–Kier alpha value is -1.22. The lowest BCUT2D eigenvalue weighted by Crippen LogP contribution is -2.45. The average Bonchev–Trinajstić information content (AvgIpc) is 2.17. The molecule has 0 atom stereocenters. The first kappa shape index (κ1) is 12.8. The predicted molar refractivity (Wildman–Crippen MR) is 66.7 cm³/mol. The minimum Gasteiger partial charge on any atom is -0.331 e. The molecule has 88 valence electrons. The van der Waals surface area contributed by atoms with Gasteiger partial charge in [-0.25, -0.2) is 4.79 Å². The fourth-order valence-corrected chi connectivity index (χ4v) is 1.44. The van der Waals surface area contributed by atoms with Crippen LogP contribution in [0.25, 0.3) is 0 Å². The summed E-state index contributed by atoms with van der Waals surface area (Å²) in [5.41, 5.74) is 0.610. The van der Waals surface area contributed by atoms with Gasteiger partial charge in [-0.05, 0) is 31.5 Å². The molecule has 0 aliphatic carbocycles. The highest BCUT2D eigenvalue weighted by molar-refractivity contribution is 6.30. The van der Waals surface area contributed by atoms with Crippen LogP contribution in [0.1, 0.15) is 19.4 Å². The number of amides is 2. The molecule has 0 fully saturated rings. The highest BCUT2D eigenvalue weighted by Gasteiger charge is 2.23. The summed E-state index contributed by atoms with van der Waals surface area (Å²) in [7, 11) is 3.43. The van der Waals surface area contributed by atoms with E-state index in [2.05, 4.69) is 5.32 Å². The third-order valence-corrected chi connectivity index (χ3v) is 2.64. The Morgan fingerprint density at radius 3 is 2.19 bits per heavy atom. The molecule has 3 nitrogen and oxygen atoms in total. The van der Waals surface area contributed by atoms with E-state index in [1.807, 2.05) is 38.1 Å². The molecule has 1 aromatic rings. The van der Waals surface area contributed by atoms with Crippen molar-refractivity contribution in [3.05, 3.63) is 34.9 Å². The summed E-state index contributed by atoms with van der Waals surface area (Å²) in [6, 6.07) is 7.36. The zero-order chi connectivity index (χ0) is 12.3. The van der Waals surface area contributed by atoms with Gasteiger partial charge in [-0.15, -0.1) is 0 Å². The van der Waals surface area contributed by atoms with E-state index in [1.165, 1.54) is 4.90 Å². The van der Waals surface area contributed by atoms with Crippen LogP contribution in [-0.2, 0) is 5.54 Å². The summed E-state index contributed by atoms with van der Waals surface area (Å²) in [5, 5.41) is 3.63. The Balaban J connectivity index is 2.85. The molecule has 0 saturated heterocycles. The summed E-state index contributed by atoms with van der Waals surface area (Å²) in [6.45, 7) is 3.91. The first-order valence-corrected chi connectivity index (χ1v) is 5.46. The molecule has 0 saturated carbocycles. The molecule has 0 aromatic heterocycles. The van der Waals surface area contributed by atoms with E-state index in [9.17, 15) is 4.79 Å². The van der Waals surface area contributed by atoms with E-state index in [0.29, 0.717) is 5.02 Å². The van der Waals surface area contributed by atoms with Crippen molar-refractivity contribution in [2.75, 3.05) is 14.1 Å². The molecule has 0 aliphatic heterocycles.